The fourth-order valence-electron chi connectivity index (χ4n) is 1.63. The Morgan fingerprint density at radius 1 is 1.36 bits per heavy atom. The van der Waals surface area contributed by atoms with E-state index in [9.17, 15) is 0 Å². The Morgan fingerprint density at radius 3 is 2.29 bits per heavy atom. The fraction of sp³-hybridized carbons (Fsp3) is 1.00. The monoisotopic (exact) mass is 218 g/mol. The van der Waals surface area contributed by atoms with Gasteiger partial charge < -0.3 is 4.74 Å². The molecule has 1 nitrogen and oxygen atoms in total. The average molecular weight is 219 g/mol. The Morgan fingerprint density at radius 2 is 1.93 bits per heavy atom. The first kappa shape index (κ1) is 12.3. The third-order valence-electron chi connectivity index (χ3n) is 3.23. The molecule has 0 aliphatic heterocycles. The van der Waals surface area contributed by atoms with Crippen LogP contribution in [0.2, 0.25) is 0 Å². The molecule has 14 heavy (non-hydrogen) atoms. The molecule has 0 aromatic heterocycles. The highest BCUT2D eigenvalue weighted by molar-refractivity contribution is 6.21. The zero-order chi connectivity index (χ0) is 11.0. The van der Waals surface area contributed by atoms with Crippen LogP contribution in [0.3, 0.4) is 0 Å². The number of ether oxygens (including phenoxy) is 1. The minimum absolute atomic E-state index is 0.166. The average Bonchev–Trinajstić information content (AvgIpc) is 2.01. The third-order valence-corrected chi connectivity index (χ3v) is 3.97. The molecular weight excluding hydrogens is 196 g/mol. The van der Waals surface area contributed by atoms with Gasteiger partial charge in [0.2, 0.25) is 0 Å². The van der Waals surface area contributed by atoms with Crippen LogP contribution in [-0.4, -0.2) is 18.1 Å². The number of hydrogen-bond donors (Lipinski definition) is 0. The molecular formula is C12H23ClO. The van der Waals surface area contributed by atoms with Crippen molar-refractivity contribution in [2.45, 2.75) is 58.9 Å². The normalized spacial score (nSPS) is 31.3. The molecule has 0 heterocycles. The van der Waals surface area contributed by atoms with Gasteiger partial charge in [0.1, 0.15) is 0 Å². The molecule has 1 aliphatic rings. The van der Waals surface area contributed by atoms with E-state index in [0.717, 1.165) is 19.4 Å². The third kappa shape index (κ3) is 2.87. The van der Waals surface area contributed by atoms with E-state index in [-0.39, 0.29) is 5.41 Å². The van der Waals surface area contributed by atoms with Gasteiger partial charge in [-0.2, -0.15) is 0 Å². The predicted octanol–water partition coefficient (Wildman–Crippen LogP) is 3.85. The van der Waals surface area contributed by atoms with Crippen molar-refractivity contribution < 1.29 is 4.74 Å². The zero-order valence-corrected chi connectivity index (χ0v) is 10.8. The van der Waals surface area contributed by atoms with E-state index in [1.807, 2.05) is 0 Å². The van der Waals surface area contributed by atoms with E-state index in [1.165, 1.54) is 0 Å². The molecule has 1 rings (SSSR count). The van der Waals surface area contributed by atoms with Crippen molar-refractivity contribution in [2.75, 3.05) is 6.61 Å². The Labute approximate surface area is 93.2 Å². The first-order chi connectivity index (χ1) is 6.23. The van der Waals surface area contributed by atoms with Crippen LogP contribution < -0.4 is 0 Å². The lowest BCUT2D eigenvalue weighted by atomic mass is 9.68. The smallest absolute Gasteiger partial charge is 0.0654 e. The van der Waals surface area contributed by atoms with Gasteiger partial charge in [-0.3, -0.25) is 0 Å². The van der Waals surface area contributed by atoms with Crippen molar-refractivity contribution in [1.82, 2.24) is 0 Å². The van der Waals surface area contributed by atoms with Crippen molar-refractivity contribution in [3.05, 3.63) is 0 Å². The predicted molar refractivity (Wildman–Crippen MR) is 61.9 cm³/mol. The van der Waals surface area contributed by atoms with Crippen LogP contribution in [0.4, 0.5) is 0 Å². The molecule has 1 fully saturated rings. The van der Waals surface area contributed by atoms with Gasteiger partial charge >= 0.3 is 0 Å². The molecule has 0 spiro atoms. The molecule has 0 N–H and O–H groups in total. The molecule has 0 saturated heterocycles. The van der Waals surface area contributed by atoms with Crippen molar-refractivity contribution in [1.29, 1.82) is 0 Å². The molecule has 0 bridgehead atoms. The van der Waals surface area contributed by atoms with E-state index >= 15 is 0 Å². The lowest BCUT2D eigenvalue weighted by molar-refractivity contribution is -0.0936. The maximum atomic E-state index is 6.12. The summed E-state index contributed by atoms with van der Waals surface area (Å²) in [5.41, 5.74) is 0.535. The van der Waals surface area contributed by atoms with Gasteiger partial charge in [0.25, 0.3) is 0 Å². The van der Waals surface area contributed by atoms with Crippen molar-refractivity contribution >= 4 is 11.6 Å². The summed E-state index contributed by atoms with van der Waals surface area (Å²) in [5, 5.41) is 0.294. The van der Waals surface area contributed by atoms with E-state index in [0.29, 0.717) is 16.9 Å². The summed E-state index contributed by atoms with van der Waals surface area (Å²) in [6.07, 6.45) is 2.50. The topological polar surface area (TPSA) is 9.23 Å². The van der Waals surface area contributed by atoms with E-state index in [1.54, 1.807) is 0 Å². The van der Waals surface area contributed by atoms with Gasteiger partial charge in [-0.1, -0.05) is 34.6 Å². The van der Waals surface area contributed by atoms with Crippen molar-refractivity contribution in [2.24, 2.45) is 10.8 Å². The minimum Gasteiger partial charge on any atom is -0.378 e. The summed E-state index contributed by atoms with van der Waals surface area (Å²) < 4.78 is 5.86. The minimum atomic E-state index is 0.166. The summed E-state index contributed by atoms with van der Waals surface area (Å²) in [7, 11) is 0. The standard InChI is InChI=1S/C12H23ClO/c1-11(2,3)6-7-14-10-8-9(13)12(10,4)5/h9-10H,6-8H2,1-5H3. The largest absolute Gasteiger partial charge is 0.378 e. The van der Waals surface area contributed by atoms with Crippen molar-refractivity contribution in [3.63, 3.8) is 0 Å². The van der Waals surface area contributed by atoms with Crippen LogP contribution in [-0.2, 0) is 4.74 Å². The van der Waals surface area contributed by atoms with E-state index < -0.39 is 0 Å². The first-order valence-corrected chi connectivity index (χ1v) is 5.93. The number of halogens is 1. The first-order valence-electron chi connectivity index (χ1n) is 5.49. The molecule has 2 atom stereocenters. The molecule has 2 unspecified atom stereocenters. The molecule has 2 heteroatoms. The molecule has 0 aromatic rings. The Balaban J connectivity index is 2.22. The second-order valence-electron chi connectivity index (χ2n) is 6.19. The molecule has 84 valence electrons. The molecule has 0 aromatic carbocycles. The van der Waals surface area contributed by atoms with Gasteiger partial charge in [-0.25, -0.2) is 0 Å². The van der Waals surface area contributed by atoms with Crippen molar-refractivity contribution in [3.8, 4) is 0 Å². The summed E-state index contributed by atoms with van der Waals surface area (Å²) in [4.78, 5) is 0. The summed E-state index contributed by atoms with van der Waals surface area (Å²) in [6.45, 7) is 12.0. The summed E-state index contributed by atoms with van der Waals surface area (Å²) in [5.74, 6) is 0. The lowest BCUT2D eigenvalue weighted by Gasteiger charge is -2.48. The van der Waals surface area contributed by atoms with Crippen LogP contribution in [0.1, 0.15) is 47.5 Å². The van der Waals surface area contributed by atoms with E-state index in [2.05, 4.69) is 34.6 Å². The van der Waals surface area contributed by atoms with Crippen LogP contribution in [0.25, 0.3) is 0 Å². The second kappa shape index (κ2) is 4.02. The lowest BCUT2D eigenvalue weighted by Crippen LogP contribution is -2.52. The van der Waals surface area contributed by atoms with Gasteiger partial charge in [-0.15, -0.1) is 11.6 Å². The van der Waals surface area contributed by atoms with Gasteiger partial charge in [0, 0.05) is 17.4 Å². The SMILES string of the molecule is CC(C)(C)CCOC1CC(Cl)C1(C)C. The maximum absolute atomic E-state index is 6.12. The maximum Gasteiger partial charge on any atom is 0.0654 e. The van der Waals surface area contributed by atoms with Crippen LogP contribution in [0, 0.1) is 10.8 Å². The number of hydrogen-bond acceptors (Lipinski definition) is 1. The highest BCUT2D eigenvalue weighted by Gasteiger charge is 2.47. The Hall–Kier alpha value is 0.250. The molecule has 1 aliphatic carbocycles. The fourth-order valence-corrected chi connectivity index (χ4v) is 1.93. The highest BCUT2D eigenvalue weighted by atomic mass is 35.5. The second-order valence-corrected chi connectivity index (χ2v) is 6.72. The summed E-state index contributed by atoms with van der Waals surface area (Å²) in [6, 6.07) is 0. The molecule has 1 saturated carbocycles. The van der Waals surface area contributed by atoms with Gasteiger partial charge in [0.05, 0.1) is 6.10 Å². The summed E-state index contributed by atoms with van der Waals surface area (Å²) >= 11 is 6.12. The van der Waals surface area contributed by atoms with E-state index in [4.69, 9.17) is 16.3 Å². The van der Waals surface area contributed by atoms with Gasteiger partial charge in [-0.05, 0) is 18.3 Å². The molecule has 0 radical (unpaired) electrons. The Kier molecular flexibility index (Phi) is 3.53. The Bertz CT molecular complexity index is 193. The van der Waals surface area contributed by atoms with Crippen LogP contribution >= 0.6 is 11.6 Å². The van der Waals surface area contributed by atoms with Crippen LogP contribution in [0.5, 0.6) is 0 Å². The number of alkyl halides is 1. The van der Waals surface area contributed by atoms with Gasteiger partial charge in [0.15, 0.2) is 0 Å². The van der Waals surface area contributed by atoms with Crippen LogP contribution in [0.15, 0.2) is 0 Å². The quantitative estimate of drug-likeness (QED) is 0.654. The molecule has 0 amide bonds. The highest BCUT2D eigenvalue weighted by Crippen LogP contribution is 2.46. The zero-order valence-electron chi connectivity index (χ0n) is 10.1. The number of rotatable bonds is 3.